The number of aromatic nitrogens is 1. The Morgan fingerprint density at radius 1 is 1.36 bits per heavy atom. The lowest BCUT2D eigenvalue weighted by molar-refractivity contribution is -0.126. The molecule has 1 aromatic carbocycles. The highest BCUT2D eigenvalue weighted by molar-refractivity contribution is 9.10. The van der Waals surface area contributed by atoms with E-state index in [0.29, 0.717) is 17.8 Å². The summed E-state index contributed by atoms with van der Waals surface area (Å²) < 4.78 is 0.825. The highest BCUT2D eigenvalue weighted by atomic mass is 79.9. The van der Waals surface area contributed by atoms with Crippen molar-refractivity contribution in [3.63, 3.8) is 0 Å². The molecule has 0 bridgehead atoms. The van der Waals surface area contributed by atoms with Gasteiger partial charge >= 0.3 is 0 Å². The van der Waals surface area contributed by atoms with Crippen molar-refractivity contribution in [1.82, 2.24) is 15.2 Å². The summed E-state index contributed by atoms with van der Waals surface area (Å²) in [5.41, 5.74) is 2.06. The maximum Gasteiger partial charge on any atom is 0.255 e. The monoisotopic (exact) mass is 446 g/mol. The van der Waals surface area contributed by atoms with E-state index in [-0.39, 0.29) is 18.4 Å². The van der Waals surface area contributed by atoms with E-state index in [1.807, 2.05) is 43.3 Å². The molecule has 0 saturated heterocycles. The zero-order valence-corrected chi connectivity index (χ0v) is 17.6. The van der Waals surface area contributed by atoms with Crippen LogP contribution in [0.4, 0.5) is 5.82 Å². The molecule has 0 aliphatic carbocycles. The summed E-state index contributed by atoms with van der Waals surface area (Å²) in [5, 5.41) is 12.6. The van der Waals surface area contributed by atoms with Crippen LogP contribution in [-0.2, 0) is 11.3 Å². The minimum Gasteiger partial charge on any atom is -0.394 e. The Kier molecular flexibility index (Phi) is 6.00. The van der Waals surface area contributed by atoms with Gasteiger partial charge in [0.2, 0.25) is 5.91 Å². The second kappa shape index (κ2) is 8.28. The van der Waals surface area contributed by atoms with Crippen LogP contribution in [-0.4, -0.2) is 53.5 Å². The molecule has 0 spiro atoms. The number of carbonyl (C=O) groups is 2. The number of amides is 2. The fourth-order valence-electron chi connectivity index (χ4n) is 3.14. The lowest BCUT2D eigenvalue weighted by atomic mass is 10.1. The fraction of sp³-hybridized carbons (Fsp3) is 0.350. The van der Waals surface area contributed by atoms with Crippen molar-refractivity contribution >= 4 is 33.6 Å². The number of nitrogens with one attached hydrogen (secondary N) is 1. The van der Waals surface area contributed by atoms with E-state index in [4.69, 9.17) is 0 Å². The van der Waals surface area contributed by atoms with Crippen molar-refractivity contribution in [3.05, 3.63) is 57.7 Å². The number of fused-ring (bicyclic) bond motifs is 1. The van der Waals surface area contributed by atoms with Crippen molar-refractivity contribution in [2.24, 2.45) is 0 Å². The van der Waals surface area contributed by atoms with E-state index in [9.17, 15) is 14.7 Å². The molecular weight excluding hydrogens is 424 g/mol. The maximum absolute atomic E-state index is 12.8. The predicted octanol–water partition coefficient (Wildman–Crippen LogP) is 2.10. The van der Waals surface area contributed by atoms with Crippen LogP contribution in [0, 0.1) is 0 Å². The number of aliphatic hydroxyl groups excluding tert-OH is 1. The number of rotatable bonds is 6. The number of hydrogen-bond acceptors (Lipinski definition) is 5. The summed E-state index contributed by atoms with van der Waals surface area (Å²) in [4.78, 5) is 33.3. The normalized spacial score (nSPS) is 15.2. The summed E-state index contributed by atoms with van der Waals surface area (Å²) in [7, 11) is 3.74. The Morgan fingerprint density at radius 2 is 2.11 bits per heavy atom. The fourth-order valence-corrected chi connectivity index (χ4v) is 3.50. The van der Waals surface area contributed by atoms with E-state index in [1.54, 1.807) is 19.1 Å². The molecular formula is C20H23BrN4O3. The number of pyridine rings is 1. The molecule has 7 nitrogen and oxygen atoms in total. The number of aliphatic hydroxyl groups is 1. The molecule has 148 valence electrons. The van der Waals surface area contributed by atoms with Crippen LogP contribution < -0.4 is 10.2 Å². The van der Waals surface area contributed by atoms with Gasteiger partial charge in [-0.05, 0) is 36.8 Å². The summed E-state index contributed by atoms with van der Waals surface area (Å²) in [6.07, 6.45) is 0. The van der Waals surface area contributed by atoms with Gasteiger partial charge in [0.1, 0.15) is 11.9 Å². The first kappa shape index (κ1) is 20.3. The van der Waals surface area contributed by atoms with Crippen molar-refractivity contribution in [3.8, 4) is 0 Å². The lowest BCUT2D eigenvalue weighted by Crippen LogP contribution is -2.47. The highest BCUT2D eigenvalue weighted by Crippen LogP contribution is 2.27. The minimum atomic E-state index is -0.676. The zero-order chi connectivity index (χ0) is 20.4. The summed E-state index contributed by atoms with van der Waals surface area (Å²) in [5.74, 6) is 0.220. The van der Waals surface area contributed by atoms with Gasteiger partial charge in [-0.2, -0.15) is 0 Å². The van der Waals surface area contributed by atoms with Crippen LogP contribution in [0.25, 0.3) is 0 Å². The van der Waals surface area contributed by atoms with Gasteiger partial charge in [0, 0.05) is 30.7 Å². The molecule has 0 fully saturated rings. The largest absolute Gasteiger partial charge is 0.394 e. The quantitative estimate of drug-likeness (QED) is 0.709. The Hall–Kier alpha value is -2.45. The summed E-state index contributed by atoms with van der Waals surface area (Å²) >= 11 is 3.37. The Labute approximate surface area is 172 Å². The smallest absolute Gasteiger partial charge is 0.255 e. The topological polar surface area (TPSA) is 85.8 Å². The van der Waals surface area contributed by atoms with Gasteiger partial charge in [-0.3, -0.25) is 9.59 Å². The zero-order valence-electron chi connectivity index (χ0n) is 16.0. The highest BCUT2D eigenvalue weighted by Gasteiger charge is 2.34. The van der Waals surface area contributed by atoms with Crippen LogP contribution >= 0.6 is 15.9 Å². The van der Waals surface area contributed by atoms with E-state index in [0.717, 1.165) is 15.9 Å². The molecule has 2 heterocycles. The number of halogens is 1. The summed E-state index contributed by atoms with van der Waals surface area (Å²) in [6.45, 7) is 1.78. The van der Waals surface area contributed by atoms with Crippen LogP contribution in [0.3, 0.4) is 0 Å². The molecule has 0 unspecified atom stereocenters. The second-order valence-electron chi connectivity index (χ2n) is 6.97. The van der Waals surface area contributed by atoms with Gasteiger partial charge in [-0.25, -0.2) is 4.98 Å². The first-order valence-corrected chi connectivity index (χ1v) is 9.76. The first-order valence-electron chi connectivity index (χ1n) is 8.96. The SMILES string of the molecule is C[C@H](C(=O)N[C@H](CO)c1cccc(N(C)C)n1)N1Cc2ccc(Br)cc2C1=O. The van der Waals surface area contributed by atoms with Crippen LogP contribution in [0.2, 0.25) is 0 Å². The van der Waals surface area contributed by atoms with Crippen molar-refractivity contribution in [2.75, 3.05) is 25.6 Å². The average Bonchev–Trinajstić information content (AvgIpc) is 3.01. The molecule has 0 saturated carbocycles. The number of carbonyl (C=O) groups excluding carboxylic acids is 2. The number of hydrogen-bond donors (Lipinski definition) is 2. The van der Waals surface area contributed by atoms with Crippen LogP contribution in [0.15, 0.2) is 40.9 Å². The van der Waals surface area contributed by atoms with Gasteiger partial charge < -0.3 is 20.2 Å². The third-order valence-electron chi connectivity index (χ3n) is 4.82. The average molecular weight is 447 g/mol. The van der Waals surface area contributed by atoms with Crippen molar-refractivity contribution in [2.45, 2.75) is 25.6 Å². The van der Waals surface area contributed by atoms with Crippen molar-refractivity contribution < 1.29 is 14.7 Å². The standard InChI is InChI=1S/C20H23BrN4O3/c1-12(25-10-13-7-8-14(21)9-15(13)20(25)28)19(27)23-17(11-26)16-5-4-6-18(22-16)24(2)3/h4-9,12,17,26H,10-11H2,1-3H3,(H,23,27)/t12-,17-/m1/s1. The Morgan fingerprint density at radius 3 is 2.79 bits per heavy atom. The van der Waals surface area contributed by atoms with Crippen LogP contribution in [0.5, 0.6) is 0 Å². The molecule has 2 amide bonds. The predicted molar refractivity (Wildman–Crippen MR) is 110 cm³/mol. The molecule has 0 radical (unpaired) electrons. The first-order chi connectivity index (χ1) is 13.3. The third-order valence-corrected chi connectivity index (χ3v) is 5.31. The van der Waals surface area contributed by atoms with Gasteiger partial charge in [0.05, 0.1) is 18.3 Å². The van der Waals surface area contributed by atoms with Crippen LogP contribution in [0.1, 0.15) is 34.6 Å². The summed E-state index contributed by atoms with van der Waals surface area (Å²) in [6, 6.07) is 9.65. The maximum atomic E-state index is 12.8. The Bertz CT molecular complexity index is 903. The van der Waals surface area contributed by atoms with Gasteiger partial charge in [0.15, 0.2) is 0 Å². The molecule has 3 rings (SSSR count). The van der Waals surface area contributed by atoms with Gasteiger partial charge in [-0.1, -0.05) is 28.1 Å². The number of nitrogens with zero attached hydrogens (tertiary/aromatic N) is 3. The molecule has 8 heteroatoms. The minimum absolute atomic E-state index is 0.174. The lowest BCUT2D eigenvalue weighted by Gasteiger charge is -2.26. The Balaban J connectivity index is 1.73. The van der Waals surface area contributed by atoms with Crippen molar-refractivity contribution in [1.29, 1.82) is 0 Å². The third kappa shape index (κ3) is 4.02. The van der Waals surface area contributed by atoms with E-state index < -0.39 is 12.1 Å². The molecule has 28 heavy (non-hydrogen) atoms. The van der Waals surface area contributed by atoms with Gasteiger partial charge in [0.25, 0.3) is 5.91 Å². The molecule has 1 aliphatic heterocycles. The molecule has 2 N–H and O–H groups in total. The molecule has 2 atom stereocenters. The number of anilines is 1. The van der Waals surface area contributed by atoms with E-state index in [1.165, 1.54) is 4.90 Å². The second-order valence-corrected chi connectivity index (χ2v) is 7.88. The molecule has 1 aromatic heterocycles. The van der Waals surface area contributed by atoms with E-state index >= 15 is 0 Å². The number of benzene rings is 1. The molecule has 2 aromatic rings. The molecule has 1 aliphatic rings. The van der Waals surface area contributed by atoms with E-state index in [2.05, 4.69) is 26.2 Å². The van der Waals surface area contributed by atoms with Gasteiger partial charge in [-0.15, -0.1) is 0 Å².